The van der Waals surface area contributed by atoms with Gasteiger partial charge in [-0.05, 0) is 30.7 Å². The summed E-state index contributed by atoms with van der Waals surface area (Å²) >= 11 is 0. The van der Waals surface area contributed by atoms with Crippen LogP contribution >= 0.6 is 0 Å². The van der Waals surface area contributed by atoms with Gasteiger partial charge >= 0.3 is 0 Å². The van der Waals surface area contributed by atoms with Crippen molar-refractivity contribution in [2.24, 2.45) is 0 Å². The average Bonchev–Trinajstić information content (AvgIpc) is 2.62. The fourth-order valence-corrected chi connectivity index (χ4v) is 3.79. The standard InChI is InChI=1S/C18H23NO5S/c1-13-9-10-16(23-3)18(11-13)25(20,21)19-12-17(24-4)14-7-5-6-8-15(14)22-2/h5-11,17,19H,12H2,1-4H3. The Morgan fingerprint density at radius 2 is 1.68 bits per heavy atom. The molecule has 0 saturated carbocycles. The van der Waals surface area contributed by atoms with Gasteiger partial charge in [-0.3, -0.25) is 0 Å². The summed E-state index contributed by atoms with van der Waals surface area (Å²) in [6.45, 7) is 1.89. The van der Waals surface area contributed by atoms with Crippen LogP contribution in [0.1, 0.15) is 17.2 Å². The van der Waals surface area contributed by atoms with Crippen molar-refractivity contribution in [3.05, 3.63) is 53.6 Å². The topological polar surface area (TPSA) is 73.9 Å². The molecule has 136 valence electrons. The van der Waals surface area contributed by atoms with Crippen molar-refractivity contribution in [1.29, 1.82) is 0 Å². The molecule has 6 nitrogen and oxygen atoms in total. The lowest BCUT2D eigenvalue weighted by atomic mass is 10.1. The van der Waals surface area contributed by atoms with Gasteiger partial charge < -0.3 is 14.2 Å². The summed E-state index contributed by atoms with van der Waals surface area (Å²) in [5.74, 6) is 0.936. The molecule has 0 aromatic heterocycles. The smallest absolute Gasteiger partial charge is 0.244 e. The van der Waals surface area contributed by atoms with Gasteiger partial charge in [-0.2, -0.15) is 0 Å². The van der Waals surface area contributed by atoms with E-state index in [9.17, 15) is 8.42 Å². The molecule has 0 radical (unpaired) electrons. The van der Waals surface area contributed by atoms with Crippen LogP contribution in [0.25, 0.3) is 0 Å². The van der Waals surface area contributed by atoms with Crippen molar-refractivity contribution in [3.63, 3.8) is 0 Å². The Balaban J connectivity index is 2.25. The lowest BCUT2D eigenvalue weighted by molar-refractivity contribution is 0.105. The van der Waals surface area contributed by atoms with Gasteiger partial charge in [-0.25, -0.2) is 13.1 Å². The molecule has 2 aromatic rings. The number of methoxy groups -OCH3 is 3. The molecule has 0 heterocycles. The zero-order valence-corrected chi connectivity index (χ0v) is 15.6. The number of hydrogen-bond acceptors (Lipinski definition) is 5. The minimum Gasteiger partial charge on any atom is -0.496 e. The van der Waals surface area contributed by atoms with Gasteiger partial charge in [0.05, 0.1) is 20.3 Å². The van der Waals surface area contributed by atoms with Crippen LogP contribution in [0.15, 0.2) is 47.4 Å². The van der Waals surface area contributed by atoms with E-state index < -0.39 is 16.1 Å². The zero-order chi connectivity index (χ0) is 18.4. The van der Waals surface area contributed by atoms with Crippen LogP contribution in [0.5, 0.6) is 11.5 Å². The Labute approximate surface area is 148 Å². The molecule has 2 aromatic carbocycles. The van der Waals surface area contributed by atoms with E-state index in [0.717, 1.165) is 11.1 Å². The molecule has 25 heavy (non-hydrogen) atoms. The molecular formula is C18H23NO5S. The van der Waals surface area contributed by atoms with Gasteiger partial charge in [0.1, 0.15) is 16.4 Å². The summed E-state index contributed by atoms with van der Waals surface area (Å²) in [5, 5.41) is 0. The Kier molecular flexibility index (Phi) is 6.41. The molecule has 1 N–H and O–H groups in total. The maximum absolute atomic E-state index is 12.7. The van der Waals surface area contributed by atoms with E-state index in [-0.39, 0.29) is 11.4 Å². The number of sulfonamides is 1. The molecule has 0 bridgehead atoms. The van der Waals surface area contributed by atoms with Crippen molar-refractivity contribution in [3.8, 4) is 11.5 Å². The van der Waals surface area contributed by atoms with E-state index in [1.807, 2.05) is 25.1 Å². The molecule has 0 aliphatic heterocycles. The number of para-hydroxylation sites is 1. The van der Waals surface area contributed by atoms with E-state index in [2.05, 4.69) is 4.72 Å². The summed E-state index contributed by atoms with van der Waals surface area (Å²) in [4.78, 5) is 0.102. The van der Waals surface area contributed by atoms with Crippen LogP contribution in [0.4, 0.5) is 0 Å². The first-order chi connectivity index (χ1) is 11.9. The molecule has 0 amide bonds. The molecule has 1 atom stereocenters. The minimum atomic E-state index is -3.75. The molecule has 0 aliphatic rings. The minimum absolute atomic E-state index is 0.0658. The van der Waals surface area contributed by atoms with Crippen molar-refractivity contribution in [1.82, 2.24) is 4.72 Å². The second-order valence-corrected chi connectivity index (χ2v) is 7.21. The molecule has 0 saturated heterocycles. The van der Waals surface area contributed by atoms with Crippen molar-refractivity contribution < 1.29 is 22.6 Å². The molecule has 1 unspecified atom stereocenters. The number of aryl methyl sites for hydroxylation is 1. The third-order valence-electron chi connectivity index (χ3n) is 3.84. The first-order valence-electron chi connectivity index (χ1n) is 7.73. The Bertz CT molecular complexity index is 820. The maximum Gasteiger partial charge on any atom is 0.244 e. The van der Waals surface area contributed by atoms with Gasteiger partial charge in [0.15, 0.2) is 0 Å². The summed E-state index contributed by atoms with van der Waals surface area (Å²) in [5.41, 5.74) is 1.60. The number of ether oxygens (including phenoxy) is 3. The van der Waals surface area contributed by atoms with Crippen LogP contribution in [0, 0.1) is 6.92 Å². The number of hydrogen-bond donors (Lipinski definition) is 1. The highest BCUT2D eigenvalue weighted by Crippen LogP contribution is 2.28. The van der Waals surface area contributed by atoms with E-state index in [4.69, 9.17) is 14.2 Å². The monoisotopic (exact) mass is 365 g/mol. The fraction of sp³-hybridized carbons (Fsp3) is 0.333. The lowest BCUT2D eigenvalue weighted by Crippen LogP contribution is -2.29. The molecule has 7 heteroatoms. The van der Waals surface area contributed by atoms with Crippen LogP contribution in [0.2, 0.25) is 0 Å². The molecular weight excluding hydrogens is 342 g/mol. The van der Waals surface area contributed by atoms with Crippen molar-refractivity contribution in [2.75, 3.05) is 27.9 Å². The molecule has 0 fully saturated rings. The molecule has 0 aliphatic carbocycles. The summed E-state index contributed by atoms with van der Waals surface area (Å²) in [6.07, 6.45) is -0.485. The van der Waals surface area contributed by atoms with Gasteiger partial charge in [0, 0.05) is 19.2 Å². The molecule has 0 spiro atoms. The van der Waals surface area contributed by atoms with Crippen molar-refractivity contribution >= 4 is 10.0 Å². The van der Waals surface area contributed by atoms with Crippen LogP contribution < -0.4 is 14.2 Å². The third kappa shape index (κ3) is 4.50. The number of rotatable bonds is 8. The zero-order valence-electron chi connectivity index (χ0n) is 14.8. The quantitative estimate of drug-likeness (QED) is 0.779. The van der Waals surface area contributed by atoms with Gasteiger partial charge in [0.2, 0.25) is 10.0 Å². The lowest BCUT2D eigenvalue weighted by Gasteiger charge is -2.19. The number of benzene rings is 2. The summed E-state index contributed by atoms with van der Waals surface area (Å²) in [7, 11) is 0.776. The highest BCUT2D eigenvalue weighted by molar-refractivity contribution is 7.89. The maximum atomic E-state index is 12.7. The van der Waals surface area contributed by atoms with Crippen LogP contribution in [-0.4, -0.2) is 36.3 Å². The van der Waals surface area contributed by atoms with Crippen molar-refractivity contribution in [2.45, 2.75) is 17.9 Å². The molecule has 2 rings (SSSR count). The Morgan fingerprint density at radius 3 is 2.32 bits per heavy atom. The van der Waals surface area contributed by atoms with Gasteiger partial charge in [-0.15, -0.1) is 0 Å². The second-order valence-electron chi connectivity index (χ2n) is 5.47. The van der Waals surface area contributed by atoms with Crippen LogP contribution in [-0.2, 0) is 14.8 Å². The highest BCUT2D eigenvalue weighted by Gasteiger charge is 2.23. The fourth-order valence-electron chi connectivity index (χ4n) is 2.51. The number of nitrogens with one attached hydrogen (secondary N) is 1. The first kappa shape index (κ1) is 19.2. The Morgan fingerprint density at radius 1 is 1.00 bits per heavy atom. The highest BCUT2D eigenvalue weighted by atomic mass is 32.2. The van der Waals surface area contributed by atoms with Gasteiger partial charge in [0.25, 0.3) is 0 Å². The Hall–Kier alpha value is -2.09. The van der Waals surface area contributed by atoms with Crippen LogP contribution in [0.3, 0.4) is 0 Å². The predicted molar refractivity (Wildman–Crippen MR) is 95.7 cm³/mol. The normalized spacial score (nSPS) is 12.6. The summed E-state index contributed by atoms with van der Waals surface area (Å²) in [6, 6.07) is 12.3. The SMILES string of the molecule is COc1ccccc1C(CNS(=O)(=O)c1cc(C)ccc1OC)OC. The van der Waals surface area contributed by atoms with E-state index in [1.165, 1.54) is 14.2 Å². The third-order valence-corrected chi connectivity index (χ3v) is 5.28. The first-order valence-corrected chi connectivity index (χ1v) is 9.21. The summed E-state index contributed by atoms with van der Waals surface area (Å²) < 4.78 is 43.9. The van der Waals surface area contributed by atoms with E-state index >= 15 is 0 Å². The largest absolute Gasteiger partial charge is 0.496 e. The average molecular weight is 365 g/mol. The van der Waals surface area contributed by atoms with E-state index in [1.54, 1.807) is 31.4 Å². The second kappa shape index (κ2) is 8.33. The predicted octanol–water partition coefficient (Wildman–Crippen LogP) is 2.68. The van der Waals surface area contributed by atoms with Gasteiger partial charge in [-0.1, -0.05) is 24.3 Å². The van der Waals surface area contributed by atoms with E-state index in [0.29, 0.717) is 11.5 Å².